The Morgan fingerprint density at radius 2 is 1.58 bits per heavy atom. The first kappa shape index (κ1) is 23.8. The van der Waals surface area contributed by atoms with Crippen LogP contribution in [-0.4, -0.2) is 77.4 Å². The molecule has 0 spiro atoms. The Labute approximate surface area is 194 Å². The van der Waals surface area contributed by atoms with E-state index in [4.69, 9.17) is 4.74 Å². The minimum atomic E-state index is -3.69. The van der Waals surface area contributed by atoms with E-state index in [1.54, 1.807) is 35.2 Å². The third-order valence-corrected chi connectivity index (χ3v) is 9.20. The second kappa shape index (κ2) is 9.90. The van der Waals surface area contributed by atoms with Crippen molar-refractivity contribution in [2.45, 2.75) is 28.7 Å². The van der Waals surface area contributed by atoms with Gasteiger partial charge in [-0.3, -0.25) is 4.79 Å². The van der Waals surface area contributed by atoms with Crippen molar-refractivity contribution in [3.63, 3.8) is 0 Å². The standard InChI is InChI=1S/C22H27N3O6S2/c26-22(24-12-14-25(15-13-24)33(29,30)21-6-2-1-3-7-21)18-8-10-20(11-9-18)32(27,28)23-17-19-5-4-16-31-19/h1-3,6-11,19,23H,4-5,12-17H2. The molecular weight excluding hydrogens is 466 g/mol. The van der Waals surface area contributed by atoms with Gasteiger partial charge in [0.2, 0.25) is 20.0 Å². The van der Waals surface area contributed by atoms with Crippen molar-refractivity contribution in [2.75, 3.05) is 39.3 Å². The van der Waals surface area contributed by atoms with E-state index in [1.165, 1.54) is 28.6 Å². The van der Waals surface area contributed by atoms with Crippen LogP contribution in [0, 0.1) is 0 Å². The predicted molar refractivity (Wildman–Crippen MR) is 122 cm³/mol. The van der Waals surface area contributed by atoms with Gasteiger partial charge in [0.1, 0.15) is 0 Å². The summed E-state index contributed by atoms with van der Waals surface area (Å²) in [5.41, 5.74) is 0.354. The molecule has 0 bridgehead atoms. The number of sulfonamides is 2. The van der Waals surface area contributed by atoms with Crippen molar-refractivity contribution in [2.24, 2.45) is 0 Å². The van der Waals surface area contributed by atoms with Crippen molar-refractivity contribution < 1.29 is 26.4 Å². The number of rotatable bonds is 7. The molecule has 0 aliphatic carbocycles. The quantitative estimate of drug-likeness (QED) is 0.622. The Morgan fingerprint density at radius 3 is 2.18 bits per heavy atom. The number of hydrogen-bond donors (Lipinski definition) is 1. The fourth-order valence-corrected chi connectivity index (χ4v) is 6.43. The zero-order valence-corrected chi connectivity index (χ0v) is 19.7. The van der Waals surface area contributed by atoms with Gasteiger partial charge in [0, 0.05) is 44.9 Å². The van der Waals surface area contributed by atoms with Crippen LogP contribution < -0.4 is 4.72 Å². The van der Waals surface area contributed by atoms with E-state index in [0.717, 1.165) is 12.8 Å². The monoisotopic (exact) mass is 493 g/mol. The van der Waals surface area contributed by atoms with Crippen LogP contribution in [0.25, 0.3) is 0 Å². The summed E-state index contributed by atoms with van der Waals surface area (Å²) >= 11 is 0. The van der Waals surface area contributed by atoms with Gasteiger partial charge < -0.3 is 9.64 Å². The lowest BCUT2D eigenvalue weighted by Crippen LogP contribution is -2.50. The zero-order valence-electron chi connectivity index (χ0n) is 18.1. The van der Waals surface area contributed by atoms with Crippen molar-refractivity contribution in [3.8, 4) is 0 Å². The first-order valence-corrected chi connectivity index (χ1v) is 13.8. The Kier molecular flexibility index (Phi) is 7.15. The van der Waals surface area contributed by atoms with Crippen molar-refractivity contribution in [3.05, 3.63) is 60.2 Å². The number of carbonyl (C=O) groups excluding carboxylic acids is 1. The molecule has 1 N–H and O–H groups in total. The summed E-state index contributed by atoms with van der Waals surface area (Å²) in [6.45, 7) is 1.78. The van der Waals surface area contributed by atoms with E-state index < -0.39 is 20.0 Å². The Balaban J connectivity index is 1.35. The summed E-state index contributed by atoms with van der Waals surface area (Å²) in [6.07, 6.45) is 1.65. The third kappa shape index (κ3) is 5.44. The van der Waals surface area contributed by atoms with Gasteiger partial charge in [-0.25, -0.2) is 21.6 Å². The van der Waals surface area contributed by atoms with Gasteiger partial charge in [-0.1, -0.05) is 18.2 Å². The third-order valence-electron chi connectivity index (χ3n) is 5.84. The average Bonchev–Trinajstić information content (AvgIpc) is 3.37. The number of carbonyl (C=O) groups is 1. The molecule has 2 aromatic rings. The molecule has 0 aromatic heterocycles. The SMILES string of the molecule is O=C(c1ccc(S(=O)(=O)NCC2CCCO2)cc1)N1CCN(S(=O)(=O)c2ccccc2)CC1. The van der Waals surface area contributed by atoms with E-state index in [0.29, 0.717) is 12.2 Å². The molecule has 1 atom stereocenters. The molecule has 1 amide bonds. The lowest BCUT2D eigenvalue weighted by molar-refractivity contribution is 0.0698. The molecule has 2 aromatic carbocycles. The largest absolute Gasteiger partial charge is 0.377 e. The van der Waals surface area contributed by atoms with Gasteiger partial charge in [-0.15, -0.1) is 0 Å². The molecule has 11 heteroatoms. The highest BCUT2D eigenvalue weighted by molar-refractivity contribution is 7.89. The average molecular weight is 494 g/mol. The van der Waals surface area contributed by atoms with Crippen LogP contribution in [0.1, 0.15) is 23.2 Å². The maximum Gasteiger partial charge on any atom is 0.253 e. The molecule has 2 fully saturated rings. The topological polar surface area (TPSA) is 113 Å². The summed E-state index contributed by atoms with van der Waals surface area (Å²) in [5.74, 6) is -0.261. The van der Waals surface area contributed by atoms with Crippen LogP contribution in [-0.2, 0) is 24.8 Å². The van der Waals surface area contributed by atoms with Gasteiger partial charge in [0.15, 0.2) is 0 Å². The number of ether oxygens (including phenoxy) is 1. The van der Waals surface area contributed by atoms with Crippen LogP contribution in [0.2, 0.25) is 0 Å². The van der Waals surface area contributed by atoms with E-state index in [1.807, 2.05) is 0 Å². The number of nitrogens with one attached hydrogen (secondary N) is 1. The molecule has 4 rings (SSSR count). The molecule has 2 saturated heterocycles. The first-order valence-electron chi connectivity index (χ1n) is 10.8. The molecule has 33 heavy (non-hydrogen) atoms. The maximum atomic E-state index is 12.9. The Hall–Kier alpha value is -2.31. The summed E-state index contributed by atoms with van der Waals surface area (Å²) in [6, 6.07) is 14.0. The predicted octanol–water partition coefficient (Wildman–Crippen LogP) is 1.29. The van der Waals surface area contributed by atoms with Crippen LogP contribution in [0.15, 0.2) is 64.4 Å². The molecule has 2 aliphatic rings. The molecule has 0 radical (unpaired) electrons. The lowest BCUT2D eigenvalue weighted by Gasteiger charge is -2.34. The van der Waals surface area contributed by atoms with Crippen molar-refractivity contribution in [1.82, 2.24) is 13.9 Å². The summed E-state index contributed by atoms with van der Waals surface area (Å²) in [5, 5.41) is 0. The minimum Gasteiger partial charge on any atom is -0.377 e. The summed E-state index contributed by atoms with van der Waals surface area (Å²) in [4.78, 5) is 14.8. The molecule has 2 aliphatic heterocycles. The van der Waals surface area contributed by atoms with E-state index in [2.05, 4.69) is 4.72 Å². The van der Waals surface area contributed by atoms with Crippen LogP contribution >= 0.6 is 0 Å². The normalized spacial score (nSPS) is 20.1. The minimum absolute atomic E-state index is 0.0795. The maximum absolute atomic E-state index is 12.9. The van der Waals surface area contributed by atoms with E-state index >= 15 is 0 Å². The number of benzene rings is 2. The number of nitrogens with zero attached hydrogens (tertiary/aromatic N) is 2. The van der Waals surface area contributed by atoms with Gasteiger partial charge in [-0.05, 0) is 49.2 Å². The van der Waals surface area contributed by atoms with Gasteiger partial charge in [0.25, 0.3) is 5.91 Å². The van der Waals surface area contributed by atoms with Gasteiger partial charge >= 0.3 is 0 Å². The summed E-state index contributed by atoms with van der Waals surface area (Å²) < 4.78 is 59.9. The van der Waals surface area contributed by atoms with Gasteiger partial charge in [0.05, 0.1) is 15.9 Å². The number of amides is 1. The molecule has 2 heterocycles. The second-order valence-corrected chi connectivity index (χ2v) is 11.7. The zero-order chi connectivity index (χ0) is 23.5. The molecule has 1 unspecified atom stereocenters. The Morgan fingerprint density at radius 1 is 0.909 bits per heavy atom. The molecule has 9 nitrogen and oxygen atoms in total. The highest BCUT2D eigenvalue weighted by Crippen LogP contribution is 2.19. The van der Waals surface area contributed by atoms with Crippen molar-refractivity contribution >= 4 is 26.0 Å². The first-order chi connectivity index (χ1) is 15.8. The fourth-order valence-electron chi connectivity index (χ4n) is 3.92. The highest BCUT2D eigenvalue weighted by atomic mass is 32.2. The van der Waals surface area contributed by atoms with E-state index in [-0.39, 0.29) is 54.5 Å². The van der Waals surface area contributed by atoms with E-state index in [9.17, 15) is 21.6 Å². The number of hydrogen-bond acceptors (Lipinski definition) is 6. The number of piperazine rings is 1. The second-order valence-electron chi connectivity index (χ2n) is 8.02. The van der Waals surface area contributed by atoms with Crippen LogP contribution in [0.3, 0.4) is 0 Å². The fraction of sp³-hybridized carbons (Fsp3) is 0.409. The lowest BCUT2D eigenvalue weighted by atomic mass is 10.2. The molecular formula is C22H27N3O6S2. The molecule has 178 valence electrons. The van der Waals surface area contributed by atoms with Gasteiger partial charge in [-0.2, -0.15) is 4.31 Å². The Bertz CT molecular complexity index is 1170. The van der Waals surface area contributed by atoms with Crippen LogP contribution in [0.4, 0.5) is 0 Å². The smallest absolute Gasteiger partial charge is 0.253 e. The van der Waals surface area contributed by atoms with Crippen molar-refractivity contribution in [1.29, 1.82) is 0 Å². The molecule has 0 saturated carbocycles. The van der Waals surface area contributed by atoms with Crippen LogP contribution in [0.5, 0.6) is 0 Å². The summed E-state index contributed by atoms with van der Waals surface area (Å²) in [7, 11) is -7.29. The highest BCUT2D eigenvalue weighted by Gasteiger charge is 2.30.